The van der Waals surface area contributed by atoms with E-state index in [0.29, 0.717) is 20.8 Å². The molecule has 3 atom stereocenters. The molecule has 0 radical (unpaired) electrons. The fourth-order valence-electron chi connectivity index (χ4n) is 4.53. The van der Waals surface area contributed by atoms with Crippen molar-refractivity contribution in [2.45, 2.75) is 78.2 Å². The van der Waals surface area contributed by atoms with E-state index < -0.39 is 0 Å². The third kappa shape index (κ3) is 11.0. The van der Waals surface area contributed by atoms with Gasteiger partial charge in [0.2, 0.25) is 0 Å². The van der Waals surface area contributed by atoms with E-state index in [1.165, 1.54) is 41.6 Å². The highest BCUT2D eigenvalue weighted by Crippen LogP contribution is 2.32. The van der Waals surface area contributed by atoms with Crippen LogP contribution in [0.2, 0.25) is 0 Å². The molecule has 0 spiro atoms. The average Bonchev–Trinajstić information content (AvgIpc) is 3.04. The summed E-state index contributed by atoms with van der Waals surface area (Å²) in [6.07, 6.45) is 35.8. The van der Waals surface area contributed by atoms with Crippen LogP contribution in [0.1, 0.15) is 72.1 Å². The van der Waals surface area contributed by atoms with E-state index in [1.807, 2.05) is 12.3 Å². The summed E-state index contributed by atoms with van der Waals surface area (Å²) in [5.41, 5.74) is 5.93. The largest absolute Gasteiger partial charge is 0.347 e. The Labute approximate surface area is 217 Å². The van der Waals surface area contributed by atoms with Gasteiger partial charge in [-0.3, -0.25) is 5.09 Å². The molecule has 0 aromatic heterocycles. The van der Waals surface area contributed by atoms with Crippen LogP contribution in [-0.4, -0.2) is 17.3 Å². The molecule has 2 aliphatic carbocycles. The molecule has 0 amide bonds. The first kappa shape index (κ1) is 29.1. The van der Waals surface area contributed by atoms with E-state index in [1.54, 1.807) is 0 Å². The van der Waals surface area contributed by atoms with Crippen molar-refractivity contribution in [2.75, 3.05) is 6.54 Å². The maximum Gasteiger partial charge on any atom is 0.0490 e. The zero-order valence-electron chi connectivity index (χ0n) is 22.3. The Balaban J connectivity index is 1.90. The van der Waals surface area contributed by atoms with Crippen molar-refractivity contribution < 1.29 is 0 Å². The summed E-state index contributed by atoms with van der Waals surface area (Å²) in [5.74, 6) is 0.469. The minimum Gasteiger partial charge on any atom is -0.347 e. The summed E-state index contributed by atoms with van der Waals surface area (Å²) >= 11 is 0. The maximum atomic E-state index is 4.08. The molecule has 0 aromatic carbocycles. The second kappa shape index (κ2) is 17.3. The first-order valence-corrected chi connectivity index (χ1v) is 14.3. The summed E-state index contributed by atoms with van der Waals surface area (Å²) < 4.78 is 2.32. The Hall–Kier alpha value is -2.15. The van der Waals surface area contributed by atoms with Gasteiger partial charge in [0.15, 0.2) is 0 Å². The fourth-order valence-corrected chi connectivity index (χ4v) is 5.51. The van der Waals surface area contributed by atoms with Gasteiger partial charge < -0.3 is 4.67 Å². The van der Waals surface area contributed by atoms with Crippen molar-refractivity contribution in [3.63, 3.8) is 0 Å². The molecule has 0 fully saturated rings. The number of nitrogens with zero attached hydrogens (tertiary/aromatic N) is 1. The van der Waals surface area contributed by atoms with Crippen LogP contribution in [-0.2, 0) is 0 Å². The topological polar surface area (TPSA) is 15.3 Å². The highest BCUT2D eigenvalue weighted by Gasteiger charge is 2.18. The molecular formula is C32H47N2P. The summed E-state index contributed by atoms with van der Waals surface area (Å²) in [5, 5.41) is 3.80. The van der Waals surface area contributed by atoms with Crippen LogP contribution in [0.15, 0.2) is 108 Å². The molecule has 0 saturated carbocycles. The number of hydrogen-bond acceptors (Lipinski definition) is 2. The van der Waals surface area contributed by atoms with E-state index in [0.717, 1.165) is 38.6 Å². The molecule has 2 nitrogen and oxygen atoms in total. The Bertz CT molecular complexity index is 881. The molecule has 35 heavy (non-hydrogen) atoms. The molecule has 3 unspecified atom stereocenters. The zero-order chi connectivity index (χ0) is 25.3. The maximum absolute atomic E-state index is 4.08. The van der Waals surface area contributed by atoms with Crippen molar-refractivity contribution in [3.8, 4) is 0 Å². The molecule has 0 aromatic rings. The summed E-state index contributed by atoms with van der Waals surface area (Å²) in [6.45, 7) is 15.6. The Morgan fingerprint density at radius 2 is 2.09 bits per heavy atom. The van der Waals surface area contributed by atoms with Crippen LogP contribution < -0.4 is 5.09 Å². The van der Waals surface area contributed by atoms with Crippen LogP contribution in [0, 0.1) is 5.92 Å². The Kier molecular flexibility index (Phi) is 14.4. The normalized spacial score (nSPS) is 19.9. The summed E-state index contributed by atoms with van der Waals surface area (Å²) in [6, 6.07) is 0.330. The van der Waals surface area contributed by atoms with Gasteiger partial charge in [-0.1, -0.05) is 85.9 Å². The second-order valence-corrected chi connectivity index (χ2v) is 10.5. The van der Waals surface area contributed by atoms with E-state index >= 15 is 0 Å². The van der Waals surface area contributed by atoms with Gasteiger partial charge in [-0.05, 0) is 94.1 Å². The van der Waals surface area contributed by atoms with E-state index in [2.05, 4.69) is 104 Å². The van der Waals surface area contributed by atoms with Crippen molar-refractivity contribution >= 4 is 8.88 Å². The van der Waals surface area contributed by atoms with E-state index in [4.69, 9.17) is 0 Å². The van der Waals surface area contributed by atoms with Crippen molar-refractivity contribution in [2.24, 2.45) is 5.92 Å². The lowest BCUT2D eigenvalue weighted by Crippen LogP contribution is -2.27. The van der Waals surface area contributed by atoms with Gasteiger partial charge in [-0.25, -0.2) is 0 Å². The fraction of sp³-hybridized carbons (Fsp3) is 0.438. The number of hydrogen-bond donors (Lipinski definition) is 1. The van der Waals surface area contributed by atoms with Gasteiger partial charge in [0, 0.05) is 21.5 Å². The quantitative estimate of drug-likeness (QED) is 0.148. The lowest BCUT2D eigenvalue weighted by atomic mass is 9.91. The van der Waals surface area contributed by atoms with Crippen LogP contribution in [0.25, 0.3) is 0 Å². The molecule has 0 heterocycles. The van der Waals surface area contributed by atoms with Crippen LogP contribution in [0.5, 0.6) is 0 Å². The summed E-state index contributed by atoms with van der Waals surface area (Å²) in [7, 11) is 0.520. The molecule has 1 N–H and O–H groups in total. The highest BCUT2D eigenvalue weighted by molar-refractivity contribution is 7.33. The molecule has 0 aliphatic heterocycles. The van der Waals surface area contributed by atoms with Gasteiger partial charge >= 0.3 is 0 Å². The Morgan fingerprint density at radius 1 is 1.23 bits per heavy atom. The van der Waals surface area contributed by atoms with Crippen molar-refractivity contribution in [1.82, 2.24) is 9.76 Å². The van der Waals surface area contributed by atoms with Gasteiger partial charge in [0.05, 0.1) is 0 Å². The summed E-state index contributed by atoms with van der Waals surface area (Å²) in [4.78, 5) is 0. The minimum atomic E-state index is 0.330. The first-order chi connectivity index (χ1) is 17.1. The predicted octanol–water partition coefficient (Wildman–Crippen LogP) is 9.28. The standard InChI is InChI=1S/C32H47N2P/c1-6-9-20-29(18-7-2)21-15-14-19-27(4)26-34(8-3)35-33-28(5)31-24-17-16-23-30-22-12-10-11-13-25-32(30)31/h6-8,11-14,18-19,21-22,24,27-28,33,35H,1,3,9-10,15-17,20,23,25-26H2,2,4-5H3/b13-11+,18-7-,19-14-,22-12?,29-21-. The molecule has 0 saturated heterocycles. The van der Waals surface area contributed by atoms with Gasteiger partial charge in [-0.2, -0.15) is 0 Å². The first-order valence-electron chi connectivity index (χ1n) is 13.3. The monoisotopic (exact) mass is 490 g/mol. The van der Waals surface area contributed by atoms with Gasteiger partial charge in [-0.15, -0.1) is 6.58 Å². The molecule has 3 heteroatoms. The highest BCUT2D eigenvalue weighted by atomic mass is 31.1. The molecule has 2 rings (SSSR count). The number of nitrogens with one attached hydrogen (secondary N) is 1. The lowest BCUT2D eigenvalue weighted by Gasteiger charge is -2.27. The van der Waals surface area contributed by atoms with Gasteiger partial charge in [0.25, 0.3) is 0 Å². The van der Waals surface area contributed by atoms with E-state index in [9.17, 15) is 0 Å². The number of rotatable bonds is 14. The Morgan fingerprint density at radius 3 is 2.86 bits per heavy atom. The van der Waals surface area contributed by atoms with Gasteiger partial charge in [0.1, 0.15) is 0 Å². The third-order valence-electron chi connectivity index (χ3n) is 6.43. The number of allylic oxidation sites excluding steroid dienone is 12. The minimum absolute atomic E-state index is 0.330. The third-order valence-corrected chi connectivity index (χ3v) is 7.64. The molecule has 2 aliphatic rings. The SMILES string of the molecule is C=CCCC(/C=C\C)=C\C/C=C\C(C)CN(C=C)PNC(C)C1=CCCCC2=C1C/C=C/CC=C2. The molecule has 190 valence electrons. The van der Waals surface area contributed by atoms with Crippen LogP contribution >= 0.6 is 8.88 Å². The molecular weight excluding hydrogens is 443 g/mol. The van der Waals surface area contributed by atoms with Crippen LogP contribution in [0.4, 0.5) is 0 Å². The zero-order valence-corrected chi connectivity index (χ0v) is 23.3. The van der Waals surface area contributed by atoms with Crippen LogP contribution in [0.3, 0.4) is 0 Å². The second-order valence-electron chi connectivity index (χ2n) is 9.43. The lowest BCUT2D eigenvalue weighted by molar-refractivity contribution is 0.518. The average molecular weight is 491 g/mol. The smallest absolute Gasteiger partial charge is 0.0490 e. The van der Waals surface area contributed by atoms with Crippen molar-refractivity contribution in [3.05, 3.63) is 108 Å². The molecule has 0 bridgehead atoms. The predicted molar refractivity (Wildman–Crippen MR) is 160 cm³/mol. The van der Waals surface area contributed by atoms with Crippen molar-refractivity contribution in [1.29, 1.82) is 0 Å². The van der Waals surface area contributed by atoms with E-state index in [-0.39, 0.29) is 0 Å².